The first-order valence-electron chi connectivity index (χ1n) is 10.8. The molecule has 0 saturated carbocycles. The van der Waals surface area contributed by atoms with Gasteiger partial charge in [0.05, 0.1) is 10.4 Å². The second-order valence-electron chi connectivity index (χ2n) is 8.27. The fraction of sp³-hybridized carbons (Fsp3) is 0.391. The molecule has 1 fully saturated rings. The van der Waals surface area contributed by atoms with Crippen molar-refractivity contribution in [2.24, 2.45) is 0 Å². The number of aromatic nitrogens is 1. The van der Waals surface area contributed by atoms with Crippen LogP contribution in [0.4, 0.5) is 5.69 Å². The molecule has 0 aliphatic carbocycles. The molecule has 2 aromatic carbocycles. The lowest BCUT2D eigenvalue weighted by molar-refractivity contribution is -0.116. The van der Waals surface area contributed by atoms with E-state index in [2.05, 4.69) is 5.32 Å². The lowest BCUT2D eigenvalue weighted by Gasteiger charge is -2.37. The average molecular weight is 458 g/mol. The number of amides is 1. The predicted octanol–water partition coefficient (Wildman–Crippen LogP) is 3.57. The summed E-state index contributed by atoms with van der Waals surface area (Å²) in [6.45, 7) is 4.06. The van der Waals surface area contributed by atoms with Gasteiger partial charge in [0.15, 0.2) is 5.58 Å². The number of sulfonamides is 1. The second kappa shape index (κ2) is 8.91. The lowest BCUT2D eigenvalue weighted by Crippen LogP contribution is -2.47. The molecule has 1 amide bonds. The summed E-state index contributed by atoms with van der Waals surface area (Å²) < 4.78 is 34.4. The van der Waals surface area contributed by atoms with Gasteiger partial charge >= 0.3 is 5.76 Å². The number of nitrogens with zero attached hydrogens (tertiary/aromatic N) is 2. The summed E-state index contributed by atoms with van der Waals surface area (Å²) in [7, 11) is -3.60. The van der Waals surface area contributed by atoms with Crippen LogP contribution < -0.4 is 11.1 Å². The normalized spacial score (nSPS) is 19.8. The van der Waals surface area contributed by atoms with Crippen molar-refractivity contribution in [3.05, 3.63) is 59.1 Å². The Morgan fingerprint density at radius 1 is 1.06 bits per heavy atom. The Kier molecular flexibility index (Phi) is 6.21. The Morgan fingerprint density at radius 2 is 1.72 bits per heavy atom. The molecule has 0 bridgehead atoms. The van der Waals surface area contributed by atoms with Crippen molar-refractivity contribution in [1.29, 1.82) is 0 Å². The number of para-hydroxylation sites is 2. The lowest BCUT2D eigenvalue weighted by atomic mass is 10.0. The molecule has 32 heavy (non-hydrogen) atoms. The van der Waals surface area contributed by atoms with Gasteiger partial charge in [-0.1, -0.05) is 18.6 Å². The minimum absolute atomic E-state index is 0.0365. The van der Waals surface area contributed by atoms with Gasteiger partial charge in [0.2, 0.25) is 15.9 Å². The van der Waals surface area contributed by atoms with Crippen molar-refractivity contribution < 1.29 is 17.6 Å². The number of hydrogen-bond acceptors (Lipinski definition) is 5. The van der Waals surface area contributed by atoms with E-state index in [4.69, 9.17) is 4.42 Å². The first kappa shape index (κ1) is 22.3. The number of hydrogen-bond donors (Lipinski definition) is 1. The third kappa shape index (κ3) is 4.35. The van der Waals surface area contributed by atoms with Gasteiger partial charge in [0.1, 0.15) is 0 Å². The maximum Gasteiger partial charge on any atom is 0.419 e. The van der Waals surface area contributed by atoms with Gasteiger partial charge in [-0.2, -0.15) is 4.31 Å². The van der Waals surface area contributed by atoms with Crippen LogP contribution in [0.25, 0.3) is 11.1 Å². The number of oxazole rings is 1. The van der Waals surface area contributed by atoms with E-state index in [9.17, 15) is 18.0 Å². The fourth-order valence-corrected chi connectivity index (χ4v) is 6.25. The van der Waals surface area contributed by atoms with E-state index in [-0.39, 0.29) is 35.9 Å². The Labute approximate surface area is 186 Å². The van der Waals surface area contributed by atoms with Crippen LogP contribution in [0, 0.1) is 0 Å². The van der Waals surface area contributed by atoms with Crippen molar-refractivity contribution >= 4 is 32.7 Å². The molecule has 3 aromatic rings. The van der Waals surface area contributed by atoms with Crippen molar-refractivity contribution in [2.45, 2.75) is 63.1 Å². The van der Waals surface area contributed by atoms with E-state index in [1.54, 1.807) is 40.7 Å². The zero-order chi connectivity index (χ0) is 22.9. The Hall–Kier alpha value is -2.91. The summed E-state index contributed by atoms with van der Waals surface area (Å²) >= 11 is 0. The molecule has 1 aliphatic rings. The predicted molar refractivity (Wildman–Crippen MR) is 122 cm³/mol. The number of anilines is 1. The Bertz CT molecular complexity index is 1270. The molecule has 170 valence electrons. The Balaban J connectivity index is 1.41. The van der Waals surface area contributed by atoms with E-state index in [0.717, 1.165) is 19.3 Å². The molecule has 8 nitrogen and oxygen atoms in total. The van der Waals surface area contributed by atoms with Crippen LogP contribution in [-0.2, 0) is 21.4 Å². The molecule has 0 unspecified atom stereocenters. The maximum atomic E-state index is 13.1. The highest BCUT2D eigenvalue weighted by atomic mass is 32.2. The summed E-state index contributed by atoms with van der Waals surface area (Å²) in [6, 6.07) is 13.2. The number of carbonyl (C=O) groups excluding carboxylic acids is 1. The molecular formula is C23H27N3O5S. The van der Waals surface area contributed by atoms with E-state index < -0.39 is 15.8 Å². The highest BCUT2D eigenvalue weighted by Gasteiger charge is 2.35. The monoisotopic (exact) mass is 457 g/mol. The quantitative estimate of drug-likeness (QED) is 0.610. The molecule has 1 saturated heterocycles. The van der Waals surface area contributed by atoms with Gasteiger partial charge in [0.25, 0.3) is 0 Å². The van der Waals surface area contributed by atoms with E-state index in [1.807, 2.05) is 13.8 Å². The highest BCUT2D eigenvalue weighted by molar-refractivity contribution is 7.89. The number of nitrogens with one attached hydrogen (secondary N) is 1. The smallest absolute Gasteiger partial charge is 0.408 e. The highest BCUT2D eigenvalue weighted by Crippen LogP contribution is 2.30. The van der Waals surface area contributed by atoms with Gasteiger partial charge in [-0.3, -0.25) is 9.36 Å². The van der Waals surface area contributed by atoms with Crippen LogP contribution in [0.2, 0.25) is 0 Å². The first-order chi connectivity index (χ1) is 15.3. The molecule has 1 aromatic heterocycles. The largest absolute Gasteiger partial charge is 0.419 e. The van der Waals surface area contributed by atoms with Crippen molar-refractivity contribution in [2.75, 3.05) is 5.32 Å². The first-order valence-corrected chi connectivity index (χ1v) is 12.2. The third-order valence-corrected chi connectivity index (χ3v) is 8.11. The maximum absolute atomic E-state index is 13.1. The fourth-order valence-electron chi connectivity index (χ4n) is 4.37. The number of piperidine rings is 1. The minimum Gasteiger partial charge on any atom is -0.408 e. The van der Waals surface area contributed by atoms with Crippen LogP contribution in [0.5, 0.6) is 0 Å². The summed E-state index contributed by atoms with van der Waals surface area (Å²) in [5, 5.41) is 2.75. The van der Waals surface area contributed by atoms with Gasteiger partial charge in [-0.05, 0) is 63.1 Å². The van der Waals surface area contributed by atoms with Crippen molar-refractivity contribution in [1.82, 2.24) is 8.87 Å². The number of rotatable bonds is 6. The molecule has 0 spiro atoms. The molecule has 9 heteroatoms. The molecule has 4 rings (SSSR count). The number of aryl methyl sites for hydroxylation is 1. The summed E-state index contributed by atoms with van der Waals surface area (Å²) in [5.41, 5.74) is 1.62. The number of benzene rings is 2. The van der Waals surface area contributed by atoms with Crippen LogP contribution in [0.3, 0.4) is 0 Å². The molecule has 0 radical (unpaired) electrons. The van der Waals surface area contributed by atoms with Crippen molar-refractivity contribution in [3.8, 4) is 0 Å². The molecular weight excluding hydrogens is 430 g/mol. The standard InChI is InChI=1S/C23H27N3O5S/c1-16-6-5-7-17(2)26(16)32(29,30)19-12-10-18(11-13-19)24-22(27)14-15-25-20-8-3-4-9-21(20)31-23(25)28/h3-4,8-13,16-17H,5-7,14-15H2,1-2H3,(H,24,27)/t16-,17-/m0/s1. The van der Waals surface area contributed by atoms with Crippen LogP contribution >= 0.6 is 0 Å². The van der Waals surface area contributed by atoms with Gasteiger partial charge in [-0.15, -0.1) is 0 Å². The number of carbonyl (C=O) groups is 1. The summed E-state index contributed by atoms with van der Waals surface area (Å²) in [5.74, 6) is -0.786. The average Bonchev–Trinajstić information content (AvgIpc) is 3.07. The van der Waals surface area contributed by atoms with Gasteiger partial charge < -0.3 is 9.73 Å². The van der Waals surface area contributed by atoms with Crippen LogP contribution in [-0.4, -0.2) is 35.3 Å². The topological polar surface area (TPSA) is 102 Å². The number of fused-ring (bicyclic) bond motifs is 1. The molecule has 1 aliphatic heterocycles. The SMILES string of the molecule is C[C@H]1CCC[C@H](C)N1S(=O)(=O)c1ccc(NC(=O)CCn2c(=O)oc3ccccc32)cc1. The van der Waals surface area contributed by atoms with E-state index in [0.29, 0.717) is 16.8 Å². The second-order valence-corrected chi connectivity index (χ2v) is 10.1. The van der Waals surface area contributed by atoms with Gasteiger partial charge in [0, 0.05) is 30.7 Å². The summed E-state index contributed by atoms with van der Waals surface area (Å²) in [6.07, 6.45) is 2.81. The van der Waals surface area contributed by atoms with Gasteiger partial charge in [-0.25, -0.2) is 13.2 Å². The minimum atomic E-state index is -3.60. The zero-order valence-electron chi connectivity index (χ0n) is 18.2. The van der Waals surface area contributed by atoms with E-state index >= 15 is 0 Å². The van der Waals surface area contributed by atoms with Crippen LogP contribution in [0.15, 0.2) is 62.6 Å². The molecule has 2 heterocycles. The Morgan fingerprint density at radius 3 is 2.41 bits per heavy atom. The molecule has 2 atom stereocenters. The summed E-state index contributed by atoms with van der Waals surface area (Å²) in [4.78, 5) is 24.6. The van der Waals surface area contributed by atoms with E-state index in [1.165, 1.54) is 16.7 Å². The van der Waals surface area contributed by atoms with Crippen molar-refractivity contribution in [3.63, 3.8) is 0 Å². The third-order valence-electron chi connectivity index (χ3n) is 5.96. The molecule has 1 N–H and O–H groups in total. The zero-order valence-corrected chi connectivity index (χ0v) is 19.0. The van der Waals surface area contributed by atoms with Crippen LogP contribution in [0.1, 0.15) is 39.5 Å².